The van der Waals surface area contributed by atoms with Crippen LogP contribution < -0.4 is 9.47 Å². The summed E-state index contributed by atoms with van der Waals surface area (Å²) in [5, 5.41) is 5.38. The molecule has 0 radical (unpaired) electrons. The number of methoxy groups -OCH3 is 2. The number of carbonyl (C=O) groups excluding carboxylic acids is 1. The van der Waals surface area contributed by atoms with E-state index >= 15 is 0 Å². The van der Waals surface area contributed by atoms with Crippen LogP contribution in [0.2, 0.25) is 0 Å². The van der Waals surface area contributed by atoms with Gasteiger partial charge in [-0.1, -0.05) is 0 Å². The van der Waals surface area contributed by atoms with Crippen LogP contribution in [-0.4, -0.2) is 52.9 Å². The van der Waals surface area contributed by atoms with E-state index in [-0.39, 0.29) is 5.91 Å². The van der Waals surface area contributed by atoms with Crippen LogP contribution >= 0.6 is 0 Å². The number of pyridine rings is 1. The van der Waals surface area contributed by atoms with Crippen molar-refractivity contribution in [3.63, 3.8) is 0 Å². The Bertz CT molecular complexity index is 1110. The number of aromatic nitrogens is 3. The van der Waals surface area contributed by atoms with Gasteiger partial charge in [0.25, 0.3) is 5.91 Å². The quantitative estimate of drug-likeness (QED) is 0.582. The number of fused-ring (bicyclic) bond motifs is 1. The van der Waals surface area contributed by atoms with Crippen molar-refractivity contribution >= 4 is 16.9 Å². The maximum absolute atomic E-state index is 13.2. The molecule has 1 aliphatic rings. The molecule has 7 nitrogen and oxygen atoms in total. The summed E-state index contributed by atoms with van der Waals surface area (Å²) in [5.41, 5.74) is 4.40. The number of carbonyl (C=O) groups is 1. The molecule has 3 heterocycles. The van der Waals surface area contributed by atoms with E-state index in [9.17, 15) is 4.79 Å². The van der Waals surface area contributed by atoms with Crippen LogP contribution in [0, 0.1) is 19.8 Å². The van der Waals surface area contributed by atoms with E-state index in [0.29, 0.717) is 11.5 Å². The van der Waals surface area contributed by atoms with Gasteiger partial charge in [0.05, 0.1) is 31.2 Å². The van der Waals surface area contributed by atoms with Crippen molar-refractivity contribution < 1.29 is 14.3 Å². The lowest BCUT2D eigenvalue weighted by atomic mass is 9.90. The van der Waals surface area contributed by atoms with Gasteiger partial charge in [0.1, 0.15) is 11.5 Å². The van der Waals surface area contributed by atoms with Crippen molar-refractivity contribution in [2.24, 2.45) is 13.0 Å². The molecule has 0 atom stereocenters. The van der Waals surface area contributed by atoms with Crippen LogP contribution in [0.1, 0.15) is 46.6 Å². The molecule has 0 N–H and O–H groups in total. The second-order valence-corrected chi connectivity index (χ2v) is 8.70. The number of nitrogens with zero attached hydrogens (tertiary/aromatic N) is 4. The molecule has 3 aromatic rings. The summed E-state index contributed by atoms with van der Waals surface area (Å²) in [6, 6.07) is 8.01. The summed E-state index contributed by atoms with van der Waals surface area (Å²) in [7, 11) is 5.24. The number of aryl methyl sites for hydroxylation is 4. The predicted octanol–water partition coefficient (Wildman–Crippen LogP) is 4.09. The number of piperidine rings is 1. The van der Waals surface area contributed by atoms with Gasteiger partial charge >= 0.3 is 0 Å². The fourth-order valence-electron chi connectivity index (χ4n) is 4.62. The first-order chi connectivity index (χ1) is 15.4. The minimum atomic E-state index is 0.0798. The molecule has 0 unspecified atom stereocenters. The number of hydrogen-bond acceptors (Lipinski definition) is 5. The lowest BCUT2D eigenvalue weighted by Crippen LogP contribution is -2.39. The number of amides is 1. The zero-order valence-corrected chi connectivity index (χ0v) is 19.6. The second-order valence-electron chi connectivity index (χ2n) is 8.70. The van der Waals surface area contributed by atoms with Gasteiger partial charge in [-0.15, -0.1) is 0 Å². The van der Waals surface area contributed by atoms with Crippen LogP contribution in [0.3, 0.4) is 0 Å². The number of hydrogen-bond donors (Lipinski definition) is 0. The SMILES string of the molecule is COc1cc(CCC2CCN(C(=O)c3cc4c(C)nn(C)c4nc3C)CC2)cc(OC)c1. The molecule has 0 saturated carbocycles. The number of ether oxygens (including phenoxy) is 2. The predicted molar refractivity (Wildman–Crippen MR) is 124 cm³/mol. The highest BCUT2D eigenvalue weighted by Crippen LogP contribution is 2.28. The Kier molecular flexibility index (Phi) is 6.35. The van der Waals surface area contributed by atoms with Crippen molar-refractivity contribution in [3.05, 3.63) is 46.8 Å². The Balaban J connectivity index is 1.38. The highest BCUT2D eigenvalue weighted by molar-refractivity contribution is 5.98. The van der Waals surface area contributed by atoms with Gasteiger partial charge in [-0.05, 0) is 69.2 Å². The van der Waals surface area contributed by atoms with Gasteiger partial charge in [-0.3, -0.25) is 9.48 Å². The lowest BCUT2D eigenvalue weighted by Gasteiger charge is -2.32. The lowest BCUT2D eigenvalue weighted by molar-refractivity contribution is 0.0686. The minimum Gasteiger partial charge on any atom is -0.497 e. The first kappa shape index (κ1) is 22.1. The largest absolute Gasteiger partial charge is 0.497 e. The molecule has 170 valence electrons. The van der Waals surface area contributed by atoms with Gasteiger partial charge in [0.2, 0.25) is 0 Å². The van der Waals surface area contributed by atoms with E-state index < -0.39 is 0 Å². The van der Waals surface area contributed by atoms with E-state index in [1.807, 2.05) is 37.9 Å². The zero-order chi connectivity index (χ0) is 22.8. The Morgan fingerprint density at radius 3 is 2.31 bits per heavy atom. The van der Waals surface area contributed by atoms with Gasteiger partial charge in [0.15, 0.2) is 5.65 Å². The molecule has 1 aliphatic heterocycles. The first-order valence-electron chi connectivity index (χ1n) is 11.2. The fourth-order valence-corrected chi connectivity index (χ4v) is 4.62. The summed E-state index contributed by atoms with van der Waals surface area (Å²) >= 11 is 0. The molecule has 1 saturated heterocycles. The van der Waals surface area contributed by atoms with Crippen LogP contribution in [0.25, 0.3) is 11.0 Å². The van der Waals surface area contributed by atoms with Crippen molar-refractivity contribution in [1.82, 2.24) is 19.7 Å². The molecule has 0 spiro atoms. The highest BCUT2D eigenvalue weighted by atomic mass is 16.5. The van der Waals surface area contributed by atoms with Gasteiger partial charge in [-0.2, -0.15) is 5.10 Å². The van der Waals surface area contributed by atoms with E-state index in [4.69, 9.17) is 9.47 Å². The van der Waals surface area contributed by atoms with Gasteiger partial charge in [-0.25, -0.2) is 4.98 Å². The smallest absolute Gasteiger partial charge is 0.255 e. The molecule has 0 bridgehead atoms. The standard InChI is InChI=1S/C25H32N4O3/c1-16-23(15-22-17(2)27-28(3)24(22)26-16)25(30)29-10-8-18(9-11-29)6-7-19-12-20(31-4)14-21(13-19)32-5/h12-15,18H,6-11H2,1-5H3. The molecule has 1 fully saturated rings. The van der Waals surface area contributed by atoms with Crippen molar-refractivity contribution in [2.45, 2.75) is 39.5 Å². The maximum Gasteiger partial charge on any atom is 0.255 e. The average Bonchev–Trinajstić information content (AvgIpc) is 3.09. The van der Waals surface area contributed by atoms with Crippen molar-refractivity contribution in [2.75, 3.05) is 27.3 Å². The zero-order valence-electron chi connectivity index (χ0n) is 19.6. The Morgan fingerprint density at radius 2 is 1.69 bits per heavy atom. The average molecular weight is 437 g/mol. The molecule has 32 heavy (non-hydrogen) atoms. The topological polar surface area (TPSA) is 69.5 Å². The third kappa shape index (κ3) is 4.42. The molecule has 2 aromatic heterocycles. The third-order valence-corrected chi connectivity index (χ3v) is 6.57. The molecule has 0 aliphatic carbocycles. The summed E-state index contributed by atoms with van der Waals surface area (Å²) in [5.74, 6) is 2.34. The number of rotatable bonds is 6. The molecule has 4 rings (SSSR count). The van der Waals surface area contributed by atoms with E-state index in [1.54, 1.807) is 18.9 Å². The Labute approximate surface area is 189 Å². The Morgan fingerprint density at radius 1 is 1.03 bits per heavy atom. The van der Waals surface area contributed by atoms with E-state index in [0.717, 1.165) is 72.7 Å². The maximum atomic E-state index is 13.2. The molecular weight excluding hydrogens is 404 g/mol. The van der Waals surface area contributed by atoms with Crippen LogP contribution in [0.5, 0.6) is 11.5 Å². The molecule has 7 heteroatoms. The fraction of sp³-hybridized carbons (Fsp3) is 0.480. The van der Waals surface area contributed by atoms with E-state index in [1.165, 1.54) is 5.56 Å². The molecule has 1 amide bonds. The Hall–Kier alpha value is -3.09. The van der Waals surface area contributed by atoms with Crippen molar-refractivity contribution in [3.8, 4) is 11.5 Å². The normalized spacial score (nSPS) is 14.7. The van der Waals surface area contributed by atoms with Crippen LogP contribution in [0.4, 0.5) is 0 Å². The summed E-state index contributed by atoms with van der Waals surface area (Å²) < 4.78 is 12.5. The van der Waals surface area contributed by atoms with Crippen molar-refractivity contribution in [1.29, 1.82) is 0 Å². The van der Waals surface area contributed by atoms with Crippen LogP contribution in [0.15, 0.2) is 24.3 Å². The highest BCUT2D eigenvalue weighted by Gasteiger charge is 2.25. The molecular formula is C25H32N4O3. The van der Waals surface area contributed by atoms with E-state index in [2.05, 4.69) is 22.2 Å². The van der Waals surface area contributed by atoms with Crippen LogP contribution in [-0.2, 0) is 13.5 Å². The molecule has 1 aromatic carbocycles. The minimum absolute atomic E-state index is 0.0798. The second kappa shape index (κ2) is 9.18. The summed E-state index contributed by atoms with van der Waals surface area (Å²) in [4.78, 5) is 19.9. The van der Waals surface area contributed by atoms with Gasteiger partial charge in [0, 0.05) is 31.6 Å². The number of likely N-dealkylation sites (tertiary alicyclic amines) is 1. The van der Waals surface area contributed by atoms with Gasteiger partial charge < -0.3 is 14.4 Å². The third-order valence-electron chi connectivity index (χ3n) is 6.57. The first-order valence-corrected chi connectivity index (χ1v) is 11.2. The summed E-state index contributed by atoms with van der Waals surface area (Å²) in [6.45, 7) is 5.43. The monoisotopic (exact) mass is 436 g/mol. The summed E-state index contributed by atoms with van der Waals surface area (Å²) in [6.07, 6.45) is 4.12. The number of benzene rings is 1.